The van der Waals surface area contributed by atoms with Crippen molar-refractivity contribution in [3.05, 3.63) is 53.6 Å². The Labute approximate surface area is 141 Å². The lowest BCUT2D eigenvalue weighted by molar-refractivity contribution is -0.143. The van der Waals surface area contributed by atoms with Crippen molar-refractivity contribution in [2.24, 2.45) is 0 Å². The first-order valence-corrected chi connectivity index (χ1v) is 7.86. The molecular formula is C19H22O5. The number of aryl methyl sites for hydroxylation is 1. The number of rotatable bonds is 8. The molecule has 5 nitrogen and oxygen atoms in total. The molecule has 1 N–H and O–H groups in total. The third-order valence-electron chi connectivity index (χ3n) is 3.53. The standard InChI is InChI=1S/C19H22O5/c1-3-23-19(21)11-9-14-8-10-16(20)12-18(14)24-13-15-6-4-5-7-17(15)22-2/h4-8,10,12,20H,3,9,11,13H2,1-2H3. The summed E-state index contributed by atoms with van der Waals surface area (Å²) >= 11 is 0. The third kappa shape index (κ3) is 4.91. The Hall–Kier alpha value is -2.69. The van der Waals surface area contributed by atoms with Crippen molar-refractivity contribution in [1.82, 2.24) is 0 Å². The van der Waals surface area contributed by atoms with Gasteiger partial charge in [0.05, 0.1) is 13.7 Å². The fraction of sp³-hybridized carbons (Fsp3) is 0.316. The van der Waals surface area contributed by atoms with Gasteiger partial charge in [-0.25, -0.2) is 0 Å². The molecule has 5 heteroatoms. The van der Waals surface area contributed by atoms with Gasteiger partial charge < -0.3 is 19.3 Å². The van der Waals surface area contributed by atoms with Crippen molar-refractivity contribution in [2.45, 2.75) is 26.4 Å². The monoisotopic (exact) mass is 330 g/mol. The van der Waals surface area contributed by atoms with E-state index in [2.05, 4.69) is 0 Å². The molecule has 0 saturated carbocycles. The second-order valence-electron chi connectivity index (χ2n) is 5.20. The molecule has 0 aliphatic rings. The van der Waals surface area contributed by atoms with E-state index in [1.807, 2.05) is 24.3 Å². The van der Waals surface area contributed by atoms with Crippen molar-refractivity contribution in [1.29, 1.82) is 0 Å². The Morgan fingerprint density at radius 2 is 1.88 bits per heavy atom. The summed E-state index contributed by atoms with van der Waals surface area (Å²) in [6.07, 6.45) is 0.754. The van der Waals surface area contributed by atoms with Crippen molar-refractivity contribution in [3.8, 4) is 17.2 Å². The van der Waals surface area contributed by atoms with Crippen molar-refractivity contribution < 1.29 is 24.1 Å². The van der Waals surface area contributed by atoms with E-state index < -0.39 is 0 Å². The van der Waals surface area contributed by atoms with Gasteiger partial charge in [-0.2, -0.15) is 0 Å². The predicted molar refractivity (Wildman–Crippen MR) is 90.4 cm³/mol. The summed E-state index contributed by atoms with van der Waals surface area (Å²) in [6.45, 7) is 2.45. The lowest BCUT2D eigenvalue weighted by Gasteiger charge is -2.13. The fourth-order valence-electron chi connectivity index (χ4n) is 2.33. The summed E-state index contributed by atoms with van der Waals surface area (Å²) in [7, 11) is 1.61. The number of phenolic OH excluding ortho intramolecular Hbond substituents is 1. The van der Waals surface area contributed by atoms with Crippen molar-refractivity contribution in [2.75, 3.05) is 13.7 Å². The molecule has 0 atom stereocenters. The number of hydrogen-bond acceptors (Lipinski definition) is 5. The number of phenols is 1. The van der Waals surface area contributed by atoms with Crippen LogP contribution in [0.2, 0.25) is 0 Å². The Balaban J connectivity index is 2.08. The first-order chi connectivity index (χ1) is 11.6. The zero-order chi connectivity index (χ0) is 17.4. The SMILES string of the molecule is CCOC(=O)CCc1ccc(O)cc1OCc1ccccc1OC. The highest BCUT2D eigenvalue weighted by Gasteiger charge is 2.10. The second-order valence-corrected chi connectivity index (χ2v) is 5.20. The number of aromatic hydroxyl groups is 1. The zero-order valence-electron chi connectivity index (χ0n) is 14.0. The fourth-order valence-corrected chi connectivity index (χ4v) is 2.33. The Kier molecular flexibility index (Phi) is 6.49. The molecule has 0 aromatic heterocycles. The van der Waals surface area contributed by atoms with E-state index in [1.54, 1.807) is 32.2 Å². The molecule has 0 aliphatic carbocycles. The highest BCUT2D eigenvalue weighted by Crippen LogP contribution is 2.27. The first-order valence-electron chi connectivity index (χ1n) is 7.86. The van der Waals surface area contributed by atoms with Crippen LogP contribution in [0.3, 0.4) is 0 Å². The molecular weight excluding hydrogens is 308 g/mol. The van der Waals surface area contributed by atoms with Crippen LogP contribution < -0.4 is 9.47 Å². The van der Waals surface area contributed by atoms with Gasteiger partial charge in [-0.15, -0.1) is 0 Å². The maximum Gasteiger partial charge on any atom is 0.306 e. The molecule has 2 rings (SSSR count). The van der Waals surface area contributed by atoms with Gasteiger partial charge in [0.15, 0.2) is 0 Å². The molecule has 24 heavy (non-hydrogen) atoms. The Morgan fingerprint density at radius 3 is 2.62 bits per heavy atom. The van der Waals surface area contributed by atoms with Gasteiger partial charge in [-0.1, -0.05) is 24.3 Å². The van der Waals surface area contributed by atoms with Crippen molar-refractivity contribution in [3.63, 3.8) is 0 Å². The third-order valence-corrected chi connectivity index (χ3v) is 3.53. The van der Waals surface area contributed by atoms with E-state index in [0.717, 1.165) is 16.9 Å². The number of benzene rings is 2. The number of hydrogen-bond donors (Lipinski definition) is 1. The minimum atomic E-state index is -0.249. The topological polar surface area (TPSA) is 65.0 Å². The summed E-state index contributed by atoms with van der Waals surface area (Å²) in [6, 6.07) is 12.5. The van der Waals surface area contributed by atoms with Gasteiger partial charge in [-0.3, -0.25) is 4.79 Å². The second kappa shape index (κ2) is 8.82. The molecule has 0 bridgehead atoms. The quantitative estimate of drug-likeness (QED) is 0.751. The van der Waals surface area contributed by atoms with E-state index in [-0.39, 0.29) is 18.1 Å². The summed E-state index contributed by atoms with van der Waals surface area (Å²) in [4.78, 5) is 11.5. The molecule has 0 aliphatic heterocycles. The molecule has 0 fully saturated rings. The number of methoxy groups -OCH3 is 1. The molecule has 0 saturated heterocycles. The van der Waals surface area contributed by atoms with Crippen LogP contribution in [0.15, 0.2) is 42.5 Å². The van der Waals surface area contributed by atoms with Gasteiger partial charge in [0.2, 0.25) is 0 Å². The summed E-state index contributed by atoms with van der Waals surface area (Å²) in [5, 5.41) is 9.70. The highest BCUT2D eigenvalue weighted by molar-refractivity contribution is 5.69. The van der Waals surface area contributed by atoms with Gasteiger partial charge in [0, 0.05) is 18.1 Å². The average molecular weight is 330 g/mol. The van der Waals surface area contributed by atoms with Gasteiger partial charge in [0.1, 0.15) is 23.9 Å². The summed E-state index contributed by atoms with van der Waals surface area (Å²) < 4.78 is 16.1. The molecule has 2 aromatic rings. The predicted octanol–water partition coefficient (Wildman–Crippen LogP) is 3.48. The maximum atomic E-state index is 11.5. The molecule has 128 valence electrons. The molecule has 0 amide bonds. The molecule has 2 aromatic carbocycles. The van der Waals surface area contributed by atoms with Gasteiger partial charge >= 0.3 is 5.97 Å². The lowest BCUT2D eigenvalue weighted by atomic mass is 10.1. The smallest absolute Gasteiger partial charge is 0.306 e. The molecule has 0 heterocycles. The number of para-hydroxylation sites is 1. The van der Waals surface area contributed by atoms with Crippen LogP contribution in [0.1, 0.15) is 24.5 Å². The number of esters is 1. The number of carbonyl (C=O) groups is 1. The zero-order valence-corrected chi connectivity index (χ0v) is 14.0. The largest absolute Gasteiger partial charge is 0.508 e. The summed E-state index contributed by atoms with van der Waals surface area (Å²) in [5.41, 5.74) is 1.75. The van der Waals surface area contributed by atoms with Crippen LogP contribution in [-0.4, -0.2) is 24.8 Å². The van der Waals surface area contributed by atoms with E-state index >= 15 is 0 Å². The van der Waals surface area contributed by atoms with Crippen LogP contribution in [-0.2, 0) is 22.6 Å². The highest BCUT2D eigenvalue weighted by atomic mass is 16.5. The van der Waals surface area contributed by atoms with Crippen LogP contribution in [0.5, 0.6) is 17.2 Å². The average Bonchev–Trinajstić information content (AvgIpc) is 2.59. The molecule has 0 radical (unpaired) electrons. The van der Waals surface area contributed by atoms with E-state index in [0.29, 0.717) is 25.4 Å². The Morgan fingerprint density at radius 1 is 1.08 bits per heavy atom. The van der Waals surface area contributed by atoms with Crippen molar-refractivity contribution >= 4 is 5.97 Å². The summed E-state index contributed by atoms with van der Waals surface area (Å²) in [5.74, 6) is 1.15. The number of ether oxygens (including phenoxy) is 3. The first kappa shape index (κ1) is 17.7. The minimum absolute atomic E-state index is 0.116. The van der Waals surface area contributed by atoms with E-state index in [1.165, 1.54) is 0 Å². The van der Waals surface area contributed by atoms with Gasteiger partial charge in [-0.05, 0) is 31.0 Å². The maximum absolute atomic E-state index is 11.5. The molecule has 0 unspecified atom stereocenters. The van der Waals surface area contributed by atoms with Crippen LogP contribution >= 0.6 is 0 Å². The number of carbonyl (C=O) groups excluding carboxylic acids is 1. The van der Waals surface area contributed by atoms with Crippen LogP contribution in [0.25, 0.3) is 0 Å². The Bertz CT molecular complexity index is 681. The molecule has 0 spiro atoms. The van der Waals surface area contributed by atoms with E-state index in [4.69, 9.17) is 14.2 Å². The minimum Gasteiger partial charge on any atom is -0.508 e. The van der Waals surface area contributed by atoms with Crippen LogP contribution in [0.4, 0.5) is 0 Å². The van der Waals surface area contributed by atoms with E-state index in [9.17, 15) is 9.90 Å². The normalized spacial score (nSPS) is 10.2. The van der Waals surface area contributed by atoms with Crippen LogP contribution in [0, 0.1) is 0 Å². The lowest BCUT2D eigenvalue weighted by Crippen LogP contribution is -2.06. The van der Waals surface area contributed by atoms with Gasteiger partial charge in [0.25, 0.3) is 0 Å².